The van der Waals surface area contributed by atoms with Crippen LogP contribution in [-0.4, -0.2) is 23.9 Å². The van der Waals surface area contributed by atoms with E-state index in [2.05, 4.69) is 0 Å². The first-order valence-electron chi connectivity index (χ1n) is 3.67. The maximum atomic E-state index is 11.1. The van der Waals surface area contributed by atoms with Crippen LogP contribution in [-0.2, 0) is 4.79 Å². The summed E-state index contributed by atoms with van der Waals surface area (Å²) in [5.41, 5.74) is 0. The van der Waals surface area contributed by atoms with Gasteiger partial charge in [0, 0.05) is 19.0 Å². The fourth-order valence-corrected chi connectivity index (χ4v) is 1.18. The molecule has 1 amide bonds. The Balaban J connectivity index is 1.88. The largest absolute Gasteiger partial charge is 0.339 e. The van der Waals surface area contributed by atoms with Crippen LogP contribution in [0.4, 0.5) is 0 Å². The van der Waals surface area contributed by atoms with Crippen molar-refractivity contribution in [2.24, 2.45) is 5.92 Å². The molecule has 1 saturated carbocycles. The summed E-state index contributed by atoms with van der Waals surface area (Å²) in [5.74, 6) is 0.841. The third-order valence-corrected chi connectivity index (χ3v) is 2.21. The van der Waals surface area contributed by atoms with Crippen LogP contribution in [0.25, 0.3) is 0 Å². The summed E-state index contributed by atoms with van der Waals surface area (Å²) in [6.45, 7) is 2.05. The first-order valence-corrected chi connectivity index (χ1v) is 3.67. The molecule has 2 fully saturated rings. The molecule has 1 aliphatic heterocycles. The van der Waals surface area contributed by atoms with E-state index >= 15 is 0 Å². The van der Waals surface area contributed by atoms with E-state index in [0.29, 0.717) is 11.8 Å². The van der Waals surface area contributed by atoms with E-state index in [1.54, 1.807) is 0 Å². The lowest BCUT2D eigenvalue weighted by atomic mass is 9.85. The molecule has 0 aromatic carbocycles. The number of rotatable bonds is 1. The van der Waals surface area contributed by atoms with Crippen LogP contribution >= 0.6 is 0 Å². The fraction of sp³-hybridized carbons (Fsp3) is 0.857. The zero-order valence-corrected chi connectivity index (χ0v) is 5.47. The van der Waals surface area contributed by atoms with Gasteiger partial charge in [0.25, 0.3) is 0 Å². The van der Waals surface area contributed by atoms with Crippen molar-refractivity contribution in [2.75, 3.05) is 13.1 Å². The van der Waals surface area contributed by atoms with Crippen LogP contribution in [0.1, 0.15) is 19.3 Å². The van der Waals surface area contributed by atoms with Gasteiger partial charge in [-0.3, -0.25) is 4.79 Å². The van der Waals surface area contributed by atoms with Crippen molar-refractivity contribution >= 4 is 5.91 Å². The molecule has 0 aromatic heterocycles. The van der Waals surface area contributed by atoms with Crippen LogP contribution in [0.3, 0.4) is 0 Å². The summed E-state index contributed by atoms with van der Waals surface area (Å²) in [5, 5.41) is 0. The van der Waals surface area contributed by atoms with E-state index in [1.807, 2.05) is 4.90 Å². The Morgan fingerprint density at radius 2 is 2.00 bits per heavy atom. The van der Waals surface area contributed by atoms with Gasteiger partial charge in [0.2, 0.25) is 5.91 Å². The average molecular weight is 125 g/mol. The first kappa shape index (κ1) is 5.27. The normalized spacial score (nSPS) is 25.6. The Labute approximate surface area is 54.8 Å². The molecule has 0 unspecified atom stereocenters. The molecule has 0 N–H and O–H groups in total. The van der Waals surface area contributed by atoms with E-state index in [1.165, 1.54) is 6.42 Å². The average Bonchev–Trinajstić information content (AvgIpc) is 2.37. The Morgan fingerprint density at radius 3 is 2.33 bits per heavy atom. The fourth-order valence-electron chi connectivity index (χ4n) is 1.18. The molecule has 1 saturated heterocycles. The van der Waals surface area contributed by atoms with E-state index in [9.17, 15) is 4.79 Å². The molecule has 0 spiro atoms. The van der Waals surface area contributed by atoms with Gasteiger partial charge in [-0.2, -0.15) is 0 Å². The number of nitrogens with zero attached hydrogens (tertiary/aromatic N) is 1. The van der Waals surface area contributed by atoms with Gasteiger partial charge in [0.15, 0.2) is 0 Å². The summed E-state index contributed by atoms with van der Waals surface area (Å²) in [6.07, 6.45) is 3.56. The minimum atomic E-state index is 0.418. The zero-order valence-electron chi connectivity index (χ0n) is 5.47. The molecule has 0 atom stereocenters. The van der Waals surface area contributed by atoms with Gasteiger partial charge in [-0.25, -0.2) is 0 Å². The summed E-state index contributed by atoms with van der Waals surface area (Å²) < 4.78 is 0. The van der Waals surface area contributed by atoms with Crippen LogP contribution in [0.5, 0.6) is 0 Å². The van der Waals surface area contributed by atoms with Gasteiger partial charge in [-0.05, 0) is 12.8 Å². The lowest BCUT2D eigenvalue weighted by Gasteiger charge is -2.23. The molecule has 2 rings (SSSR count). The topological polar surface area (TPSA) is 20.1 Å². The highest BCUT2D eigenvalue weighted by atomic mass is 16.2. The maximum Gasteiger partial charge on any atom is 0.225 e. The third kappa shape index (κ3) is 0.824. The predicted octanol–water partition coefficient (Wildman–Crippen LogP) is 0.629. The molecule has 1 heterocycles. The van der Waals surface area contributed by atoms with Gasteiger partial charge in [-0.15, -0.1) is 0 Å². The van der Waals surface area contributed by atoms with Crippen LogP contribution in [0.2, 0.25) is 0 Å². The first-order chi connectivity index (χ1) is 4.38. The SMILES string of the molecule is O=C(C1CCC1)N1CC1. The number of carbonyl (C=O) groups excluding carboxylic acids is 1. The number of hydrogen-bond acceptors (Lipinski definition) is 1. The minimum absolute atomic E-state index is 0.418. The molecule has 0 aromatic rings. The monoisotopic (exact) mass is 125 g/mol. The molecule has 2 heteroatoms. The van der Waals surface area contributed by atoms with Gasteiger partial charge < -0.3 is 4.90 Å². The lowest BCUT2D eigenvalue weighted by Crippen LogP contribution is -2.27. The molecule has 0 bridgehead atoms. The maximum absolute atomic E-state index is 11.1. The van der Waals surface area contributed by atoms with Crippen molar-refractivity contribution in [3.05, 3.63) is 0 Å². The molecule has 1 aliphatic carbocycles. The highest BCUT2D eigenvalue weighted by Gasteiger charge is 2.33. The zero-order chi connectivity index (χ0) is 6.27. The molecule has 50 valence electrons. The highest BCUT2D eigenvalue weighted by molar-refractivity contribution is 5.81. The van der Waals surface area contributed by atoms with Crippen molar-refractivity contribution in [3.8, 4) is 0 Å². The van der Waals surface area contributed by atoms with Gasteiger partial charge in [-0.1, -0.05) is 6.42 Å². The third-order valence-electron chi connectivity index (χ3n) is 2.21. The highest BCUT2D eigenvalue weighted by Crippen LogP contribution is 2.29. The summed E-state index contributed by atoms with van der Waals surface area (Å²) in [7, 11) is 0. The number of hydrogen-bond donors (Lipinski definition) is 0. The molecular formula is C7H11NO. The van der Waals surface area contributed by atoms with Crippen molar-refractivity contribution in [2.45, 2.75) is 19.3 Å². The summed E-state index contributed by atoms with van der Waals surface area (Å²) in [4.78, 5) is 13.0. The van der Waals surface area contributed by atoms with E-state index < -0.39 is 0 Å². The van der Waals surface area contributed by atoms with E-state index in [0.717, 1.165) is 25.9 Å². The lowest BCUT2D eigenvalue weighted by molar-refractivity contribution is -0.132. The summed E-state index contributed by atoms with van der Waals surface area (Å²) in [6, 6.07) is 0. The van der Waals surface area contributed by atoms with E-state index in [-0.39, 0.29) is 0 Å². The Kier molecular flexibility index (Phi) is 1.01. The number of amides is 1. The molecule has 0 radical (unpaired) electrons. The standard InChI is InChI=1S/C7H11NO/c9-7(8-4-5-8)6-2-1-3-6/h6H,1-5H2. The van der Waals surface area contributed by atoms with Crippen molar-refractivity contribution in [1.82, 2.24) is 4.90 Å². The van der Waals surface area contributed by atoms with Crippen LogP contribution in [0, 0.1) is 5.92 Å². The Morgan fingerprint density at radius 1 is 1.33 bits per heavy atom. The minimum Gasteiger partial charge on any atom is -0.339 e. The van der Waals surface area contributed by atoms with Crippen LogP contribution in [0.15, 0.2) is 0 Å². The molecule has 2 nitrogen and oxygen atoms in total. The smallest absolute Gasteiger partial charge is 0.225 e. The quantitative estimate of drug-likeness (QED) is 0.470. The summed E-state index contributed by atoms with van der Waals surface area (Å²) >= 11 is 0. The van der Waals surface area contributed by atoms with Gasteiger partial charge in [0.1, 0.15) is 0 Å². The second-order valence-electron chi connectivity index (χ2n) is 2.95. The van der Waals surface area contributed by atoms with Gasteiger partial charge >= 0.3 is 0 Å². The van der Waals surface area contributed by atoms with Crippen molar-refractivity contribution in [3.63, 3.8) is 0 Å². The van der Waals surface area contributed by atoms with Crippen molar-refractivity contribution in [1.29, 1.82) is 0 Å². The number of carbonyl (C=O) groups is 1. The van der Waals surface area contributed by atoms with E-state index in [4.69, 9.17) is 0 Å². The predicted molar refractivity (Wildman–Crippen MR) is 33.9 cm³/mol. The van der Waals surface area contributed by atoms with Crippen LogP contribution < -0.4 is 0 Å². The molecule has 9 heavy (non-hydrogen) atoms. The van der Waals surface area contributed by atoms with Gasteiger partial charge in [0.05, 0.1) is 0 Å². The van der Waals surface area contributed by atoms with Crippen molar-refractivity contribution < 1.29 is 4.79 Å². The molecule has 2 aliphatic rings. The Bertz CT molecular complexity index is 136. The second kappa shape index (κ2) is 1.72. The second-order valence-corrected chi connectivity index (χ2v) is 2.95. The molecular weight excluding hydrogens is 114 g/mol. The Hall–Kier alpha value is -0.530.